The number of benzene rings is 1. The van der Waals surface area contributed by atoms with Gasteiger partial charge in [-0.3, -0.25) is 4.79 Å². The fourth-order valence-electron chi connectivity index (χ4n) is 2.32. The van der Waals surface area contributed by atoms with E-state index in [2.05, 4.69) is 20.4 Å². The van der Waals surface area contributed by atoms with Crippen LogP contribution in [0.4, 0.5) is 0 Å². The minimum absolute atomic E-state index is 0.103. The Kier molecular flexibility index (Phi) is 4.25. The Morgan fingerprint density at radius 2 is 2.04 bits per heavy atom. The fourth-order valence-corrected chi connectivity index (χ4v) is 2.53. The van der Waals surface area contributed by atoms with E-state index in [0.29, 0.717) is 23.2 Å². The molecular weight excluding hydrogens is 314 g/mol. The topological polar surface area (TPSA) is 72.2 Å². The minimum atomic E-state index is -0.157. The molecule has 0 saturated heterocycles. The SMILES string of the molecule is Cc1cc(C)n2nc(CC(=O)NCc3ccccc3Cl)nc2n1. The highest BCUT2D eigenvalue weighted by Gasteiger charge is 2.12. The first kappa shape index (κ1) is 15.4. The van der Waals surface area contributed by atoms with Crippen LogP contribution in [0.15, 0.2) is 30.3 Å². The van der Waals surface area contributed by atoms with Crippen LogP contribution in [0.2, 0.25) is 5.02 Å². The number of halogens is 1. The number of amides is 1. The van der Waals surface area contributed by atoms with Crippen LogP contribution >= 0.6 is 11.6 Å². The maximum absolute atomic E-state index is 12.1. The zero-order valence-corrected chi connectivity index (χ0v) is 13.6. The highest BCUT2D eigenvalue weighted by atomic mass is 35.5. The molecule has 2 aromatic heterocycles. The van der Waals surface area contributed by atoms with E-state index in [4.69, 9.17) is 11.6 Å². The monoisotopic (exact) mass is 329 g/mol. The number of aromatic nitrogens is 4. The maximum atomic E-state index is 12.1. The van der Waals surface area contributed by atoms with E-state index < -0.39 is 0 Å². The third-order valence-corrected chi connectivity index (χ3v) is 3.78. The molecule has 0 unspecified atom stereocenters. The number of hydrogen-bond acceptors (Lipinski definition) is 4. The zero-order valence-electron chi connectivity index (χ0n) is 12.9. The Morgan fingerprint density at radius 1 is 1.26 bits per heavy atom. The van der Waals surface area contributed by atoms with Crippen LogP contribution in [0.3, 0.4) is 0 Å². The Balaban J connectivity index is 1.68. The zero-order chi connectivity index (χ0) is 16.4. The van der Waals surface area contributed by atoms with Gasteiger partial charge >= 0.3 is 0 Å². The number of carbonyl (C=O) groups is 1. The summed E-state index contributed by atoms with van der Waals surface area (Å²) < 4.78 is 1.64. The smallest absolute Gasteiger partial charge is 0.252 e. The molecule has 0 radical (unpaired) electrons. The van der Waals surface area contributed by atoms with E-state index >= 15 is 0 Å². The molecule has 7 heteroatoms. The molecule has 3 rings (SSSR count). The van der Waals surface area contributed by atoms with Crippen LogP contribution < -0.4 is 5.32 Å². The second-order valence-electron chi connectivity index (χ2n) is 5.32. The summed E-state index contributed by atoms with van der Waals surface area (Å²) in [7, 11) is 0. The average molecular weight is 330 g/mol. The Labute approximate surface area is 138 Å². The van der Waals surface area contributed by atoms with Crippen molar-refractivity contribution in [2.24, 2.45) is 0 Å². The van der Waals surface area contributed by atoms with Crippen molar-refractivity contribution < 1.29 is 4.79 Å². The number of nitrogens with one attached hydrogen (secondary N) is 1. The number of carbonyl (C=O) groups excluding carboxylic acids is 1. The first-order valence-electron chi connectivity index (χ1n) is 7.23. The van der Waals surface area contributed by atoms with Gasteiger partial charge in [-0.15, -0.1) is 5.10 Å². The average Bonchev–Trinajstić information content (AvgIpc) is 2.89. The molecule has 0 aliphatic rings. The number of nitrogens with zero attached hydrogens (tertiary/aromatic N) is 4. The van der Waals surface area contributed by atoms with Gasteiger partial charge in [0.15, 0.2) is 5.82 Å². The van der Waals surface area contributed by atoms with Gasteiger partial charge in [-0.05, 0) is 31.5 Å². The van der Waals surface area contributed by atoms with Gasteiger partial charge in [0.2, 0.25) is 5.91 Å². The molecule has 2 heterocycles. The molecule has 1 aromatic carbocycles. The normalized spacial score (nSPS) is 10.9. The minimum Gasteiger partial charge on any atom is -0.352 e. The maximum Gasteiger partial charge on any atom is 0.252 e. The lowest BCUT2D eigenvalue weighted by Gasteiger charge is -2.05. The van der Waals surface area contributed by atoms with Gasteiger partial charge in [0.05, 0.1) is 6.42 Å². The third kappa shape index (κ3) is 3.48. The van der Waals surface area contributed by atoms with Crippen molar-refractivity contribution in [2.45, 2.75) is 26.8 Å². The van der Waals surface area contributed by atoms with E-state index in [1.807, 2.05) is 38.1 Å². The molecule has 1 amide bonds. The van der Waals surface area contributed by atoms with Gasteiger partial charge in [-0.25, -0.2) is 9.50 Å². The van der Waals surface area contributed by atoms with Crippen molar-refractivity contribution in [1.82, 2.24) is 24.9 Å². The molecule has 0 atom stereocenters. The number of hydrogen-bond donors (Lipinski definition) is 1. The summed E-state index contributed by atoms with van der Waals surface area (Å²) in [4.78, 5) is 20.7. The predicted octanol–water partition coefficient (Wildman–Crippen LogP) is 2.25. The summed E-state index contributed by atoms with van der Waals surface area (Å²) in [6, 6.07) is 9.33. The molecule has 0 saturated carbocycles. The molecule has 118 valence electrons. The molecular formula is C16H16ClN5O. The summed E-state index contributed by atoms with van der Waals surface area (Å²) in [5, 5.41) is 7.78. The summed E-state index contributed by atoms with van der Waals surface area (Å²) in [5.74, 6) is 0.800. The van der Waals surface area contributed by atoms with E-state index in [1.165, 1.54) is 0 Å². The van der Waals surface area contributed by atoms with Crippen molar-refractivity contribution in [3.8, 4) is 0 Å². The molecule has 3 aromatic rings. The number of fused-ring (bicyclic) bond motifs is 1. The lowest BCUT2D eigenvalue weighted by molar-refractivity contribution is -0.120. The van der Waals surface area contributed by atoms with Crippen molar-refractivity contribution in [3.63, 3.8) is 0 Å². The second kappa shape index (κ2) is 6.34. The van der Waals surface area contributed by atoms with Gasteiger partial charge in [0.1, 0.15) is 0 Å². The standard InChI is InChI=1S/C16H16ClN5O/c1-10-7-11(2)22-16(19-10)20-14(21-22)8-15(23)18-9-12-5-3-4-6-13(12)17/h3-7H,8-9H2,1-2H3,(H,18,23). The van der Waals surface area contributed by atoms with Gasteiger partial charge < -0.3 is 5.32 Å². The van der Waals surface area contributed by atoms with Crippen molar-refractivity contribution in [3.05, 3.63) is 58.1 Å². The summed E-state index contributed by atoms with van der Waals surface area (Å²) >= 11 is 6.07. The fraction of sp³-hybridized carbons (Fsp3) is 0.250. The Hall–Kier alpha value is -2.47. The van der Waals surface area contributed by atoms with Gasteiger partial charge in [-0.1, -0.05) is 29.8 Å². The van der Waals surface area contributed by atoms with Gasteiger partial charge in [-0.2, -0.15) is 4.98 Å². The third-order valence-electron chi connectivity index (χ3n) is 3.41. The van der Waals surface area contributed by atoms with Crippen LogP contribution in [0.1, 0.15) is 22.8 Å². The van der Waals surface area contributed by atoms with E-state index in [9.17, 15) is 4.79 Å². The van der Waals surface area contributed by atoms with Crippen LogP contribution in [-0.4, -0.2) is 25.5 Å². The quantitative estimate of drug-likeness (QED) is 0.797. The highest BCUT2D eigenvalue weighted by Crippen LogP contribution is 2.14. The summed E-state index contributed by atoms with van der Waals surface area (Å²) in [5.41, 5.74) is 2.68. The van der Waals surface area contributed by atoms with Gasteiger partial charge in [0.25, 0.3) is 5.78 Å². The van der Waals surface area contributed by atoms with Crippen LogP contribution in [-0.2, 0) is 17.8 Å². The van der Waals surface area contributed by atoms with Crippen molar-refractivity contribution in [2.75, 3.05) is 0 Å². The molecule has 0 aliphatic heterocycles. The van der Waals surface area contributed by atoms with Crippen LogP contribution in [0.25, 0.3) is 5.78 Å². The molecule has 23 heavy (non-hydrogen) atoms. The summed E-state index contributed by atoms with van der Waals surface area (Å²) in [6.07, 6.45) is 0.103. The Morgan fingerprint density at radius 3 is 2.83 bits per heavy atom. The molecule has 0 aliphatic carbocycles. The second-order valence-corrected chi connectivity index (χ2v) is 5.73. The van der Waals surface area contributed by atoms with Crippen LogP contribution in [0, 0.1) is 13.8 Å². The molecule has 6 nitrogen and oxygen atoms in total. The summed E-state index contributed by atoms with van der Waals surface area (Å²) in [6.45, 7) is 4.21. The van der Waals surface area contributed by atoms with Crippen molar-refractivity contribution in [1.29, 1.82) is 0 Å². The lowest BCUT2D eigenvalue weighted by atomic mass is 10.2. The van der Waals surface area contributed by atoms with E-state index in [0.717, 1.165) is 17.0 Å². The molecule has 0 fully saturated rings. The Bertz CT molecular complexity index is 874. The largest absolute Gasteiger partial charge is 0.352 e. The highest BCUT2D eigenvalue weighted by molar-refractivity contribution is 6.31. The van der Waals surface area contributed by atoms with Crippen molar-refractivity contribution >= 4 is 23.3 Å². The molecule has 1 N–H and O–H groups in total. The van der Waals surface area contributed by atoms with Gasteiger partial charge in [0, 0.05) is 23.0 Å². The molecule has 0 spiro atoms. The van der Waals surface area contributed by atoms with E-state index in [-0.39, 0.29) is 12.3 Å². The number of rotatable bonds is 4. The first-order chi connectivity index (χ1) is 11.0. The van der Waals surface area contributed by atoms with E-state index in [1.54, 1.807) is 10.6 Å². The predicted molar refractivity (Wildman–Crippen MR) is 87.3 cm³/mol. The first-order valence-corrected chi connectivity index (χ1v) is 7.61. The number of aryl methyl sites for hydroxylation is 2. The van der Waals surface area contributed by atoms with Crippen LogP contribution in [0.5, 0.6) is 0 Å². The lowest BCUT2D eigenvalue weighted by Crippen LogP contribution is -2.25. The molecule has 0 bridgehead atoms.